The molecule has 21 heavy (non-hydrogen) atoms. The highest BCUT2D eigenvalue weighted by molar-refractivity contribution is 7.92. The van der Waals surface area contributed by atoms with Gasteiger partial charge >= 0.3 is 0 Å². The van der Waals surface area contributed by atoms with Crippen LogP contribution in [0.4, 0.5) is 11.4 Å². The van der Waals surface area contributed by atoms with Crippen LogP contribution in [0.2, 0.25) is 0 Å². The molecule has 1 aromatic carbocycles. The second kappa shape index (κ2) is 6.66. The first-order valence-electron chi connectivity index (χ1n) is 7.18. The average Bonchev–Trinajstić information content (AvgIpc) is 2.38. The molecule has 1 saturated heterocycles. The van der Waals surface area contributed by atoms with Crippen molar-refractivity contribution in [3.05, 3.63) is 30.2 Å². The molecule has 6 heteroatoms. The fraction of sp³-hybridized carbons (Fsp3) is 0.533. The van der Waals surface area contributed by atoms with Crippen LogP contribution in [0.15, 0.2) is 24.3 Å². The number of hydrogen-bond donors (Lipinski definition) is 1. The number of nitrogens with zero attached hydrogens (tertiary/aromatic N) is 2. The van der Waals surface area contributed by atoms with Crippen LogP contribution in [0.3, 0.4) is 0 Å². The molecular formula is C15H24N3O2S. The van der Waals surface area contributed by atoms with E-state index in [0.717, 1.165) is 44.7 Å². The van der Waals surface area contributed by atoms with Crippen LogP contribution in [0.25, 0.3) is 0 Å². The Kier molecular flexibility index (Phi) is 5.11. The highest BCUT2D eigenvalue weighted by Gasteiger charge is 2.17. The van der Waals surface area contributed by atoms with E-state index in [1.54, 1.807) is 0 Å². The topological polar surface area (TPSA) is 52.6 Å². The zero-order valence-corrected chi connectivity index (χ0v) is 13.8. The van der Waals surface area contributed by atoms with Gasteiger partial charge < -0.3 is 4.90 Å². The summed E-state index contributed by atoms with van der Waals surface area (Å²) in [7, 11) is -3.21. The van der Waals surface area contributed by atoms with Gasteiger partial charge in [0, 0.05) is 44.1 Å². The van der Waals surface area contributed by atoms with E-state index in [4.69, 9.17) is 0 Å². The molecule has 1 N–H and O–H groups in total. The smallest absolute Gasteiger partial charge is 0.229 e. The first kappa shape index (κ1) is 16.1. The van der Waals surface area contributed by atoms with Crippen molar-refractivity contribution >= 4 is 21.4 Å². The SMILES string of the molecule is C[C](C)CN1CCN(c2ccc(NS(C)(=O)=O)cc2)CC1. The summed E-state index contributed by atoms with van der Waals surface area (Å²) in [6, 6.07) is 7.57. The predicted molar refractivity (Wildman–Crippen MR) is 88.2 cm³/mol. The molecule has 0 aliphatic carbocycles. The maximum absolute atomic E-state index is 11.2. The number of rotatable bonds is 5. The third kappa shape index (κ3) is 5.21. The van der Waals surface area contributed by atoms with Gasteiger partial charge in [-0.05, 0) is 30.2 Å². The monoisotopic (exact) mass is 310 g/mol. The molecule has 1 aliphatic rings. The molecule has 2 rings (SSSR count). The highest BCUT2D eigenvalue weighted by atomic mass is 32.2. The van der Waals surface area contributed by atoms with Crippen LogP contribution in [0.5, 0.6) is 0 Å². The fourth-order valence-corrected chi connectivity index (χ4v) is 3.13. The van der Waals surface area contributed by atoms with Crippen molar-refractivity contribution in [3.63, 3.8) is 0 Å². The van der Waals surface area contributed by atoms with Gasteiger partial charge in [-0.2, -0.15) is 0 Å². The van der Waals surface area contributed by atoms with Gasteiger partial charge in [0.05, 0.1) is 6.26 Å². The summed E-state index contributed by atoms with van der Waals surface area (Å²) in [6.45, 7) is 9.55. The molecule has 5 nitrogen and oxygen atoms in total. The van der Waals surface area contributed by atoms with Crippen LogP contribution in [-0.2, 0) is 10.0 Å². The van der Waals surface area contributed by atoms with E-state index in [1.807, 2.05) is 24.3 Å². The molecule has 0 saturated carbocycles. The number of nitrogens with one attached hydrogen (secondary N) is 1. The molecule has 0 aromatic heterocycles. The van der Waals surface area contributed by atoms with Gasteiger partial charge in [-0.3, -0.25) is 9.62 Å². The molecule has 0 bridgehead atoms. The van der Waals surface area contributed by atoms with Gasteiger partial charge in [-0.1, -0.05) is 13.8 Å². The molecule has 1 radical (unpaired) electrons. The fourth-order valence-electron chi connectivity index (χ4n) is 2.57. The normalized spacial score (nSPS) is 17.2. The number of anilines is 2. The molecule has 1 aliphatic heterocycles. The van der Waals surface area contributed by atoms with Gasteiger partial charge in [0.2, 0.25) is 10.0 Å². The van der Waals surface area contributed by atoms with Crippen molar-refractivity contribution in [1.82, 2.24) is 4.90 Å². The van der Waals surface area contributed by atoms with Gasteiger partial charge in [0.1, 0.15) is 0 Å². The van der Waals surface area contributed by atoms with Crippen LogP contribution < -0.4 is 9.62 Å². The standard InChI is InChI=1S/C15H24N3O2S/c1-13(2)12-17-8-10-18(11-9-17)15-6-4-14(5-7-15)16-21(3,19)20/h4-7,16H,8-12H2,1-3H3. The Morgan fingerprint density at radius 2 is 1.67 bits per heavy atom. The van der Waals surface area contributed by atoms with Crippen LogP contribution in [-0.4, -0.2) is 52.3 Å². The number of hydrogen-bond acceptors (Lipinski definition) is 4. The molecule has 0 amide bonds. The molecular weight excluding hydrogens is 286 g/mol. The van der Waals surface area contributed by atoms with Crippen molar-refractivity contribution in [3.8, 4) is 0 Å². The largest absolute Gasteiger partial charge is 0.369 e. The lowest BCUT2D eigenvalue weighted by atomic mass is 10.2. The lowest BCUT2D eigenvalue weighted by molar-refractivity contribution is 0.267. The van der Waals surface area contributed by atoms with E-state index >= 15 is 0 Å². The van der Waals surface area contributed by atoms with Crippen LogP contribution in [0.1, 0.15) is 13.8 Å². The molecule has 0 spiro atoms. The maximum atomic E-state index is 11.2. The second-order valence-electron chi connectivity index (χ2n) is 5.89. The summed E-state index contributed by atoms with van der Waals surface area (Å²) in [4.78, 5) is 4.80. The second-order valence-corrected chi connectivity index (χ2v) is 7.64. The van der Waals surface area contributed by atoms with E-state index in [2.05, 4.69) is 28.4 Å². The molecule has 1 fully saturated rings. The quantitative estimate of drug-likeness (QED) is 0.901. The number of benzene rings is 1. The summed E-state index contributed by atoms with van der Waals surface area (Å²) < 4.78 is 24.8. The molecule has 0 unspecified atom stereocenters. The first-order chi connectivity index (χ1) is 9.83. The Hall–Kier alpha value is -1.27. The first-order valence-corrected chi connectivity index (χ1v) is 9.07. The molecule has 0 atom stereocenters. The van der Waals surface area contributed by atoms with Gasteiger partial charge in [-0.15, -0.1) is 0 Å². The van der Waals surface area contributed by atoms with E-state index in [9.17, 15) is 8.42 Å². The Morgan fingerprint density at radius 3 is 2.14 bits per heavy atom. The third-order valence-electron chi connectivity index (χ3n) is 3.45. The van der Waals surface area contributed by atoms with Gasteiger partial charge in [0.15, 0.2) is 0 Å². The zero-order valence-electron chi connectivity index (χ0n) is 13.0. The maximum Gasteiger partial charge on any atom is 0.229 e. The zero-order chi connectivity index (χ0) is 15.5. The van der Waals surface area contributed by atoms with Crippen molar-refractivity contribution in [2.45, 2.75) is 13.8 Å². The minimum atomic E-state index is -3.21. The third-order valence-corrected chi connectivity index (χ3v) is 4.05. The van der Waals surface area contributed by atoms with E-state index in [-0.39, 0.29) is 0 Å². The Bertz CT molecular complexity index is 547. The Labute approximate surface area is 128 Å². The van der Waals surface area contributed by atoms with E-state index in [0.29, 0.717) is 5.69 Å². The van der Waals surface area contributed by atoms with Crippen molar-refractivity contribution in [2.24, 2.45) is 0 Å². The minimum Gasteiger partial charge on any atom is -0.369 e. The van der Waals surface area contributed by atoms with Crippen molar-refractivity contribution < 1.29 is 8.42 Å². The number of sulfonamides is 1. The lowest BCUT2D eigenvalue weighted by Crippen LogP contribution is -2.47. The average molecular weight is 310 g/mol. The predicted octanol–water partition coefficient (Wildman–Crippen LogP) is 1.79. The molecule has 1 aromatic rings. The summed E-state index contributed by atoms with van der Waals surface area (Å²) in [5.74, 6) is 1.44. The summed E-state index contributed by atoms with van der Waals surface area (Å²) in [6.07, 6.45) is 1.16. The van der Waals surface area contributed by atoms with Gasteiger partial charge in [0.25, 0.3) is 0 Å². The molecule has 117 valence electrons. The Morgan fingerprint density at radius 1 is 1.10 bits per heavy atom. The van der Waals surface area contributed by atoms with E-state index < -0.39 is 10.0 Å². The number of piperazine rings is 1. The van der Waals surface area contributed by atoms with Crippen LogP contribution in [0, 0.1) is 5.92 Å². The highest BCUT2D eigenvalue weighted by Crippen LogP contribution is 2.20. The van der Waals surface area contributed by atoms with Crippen molar-refractivity contribution in [2.75, 3.05) is 48.6 Å². The van der Waals surface area contributed by atoms with Crippen LogP contribution >= 0.6 is 0 Å². The lowest BCUT2D eigenvalue weighted by Gasteiger charge is -2.36. The van der Waals surface area contributed by atoms with E-state index in [1.165, 1.54) is 5.92 Å². The minimum absolute atomic E-state index is 0.607. The van der Waals surface area contributed by atoms with Crippen molar-refractivity contribution in [1.29, 1.82) is 0 Å². The summed E-state index contributed by atoms with van der Waals surface area (Å²) in [5, 5.41) is 0. The summed E-state index contributed by atoms with van der Waals surface area (Å²) >= 11 is 0. The summed E-state index contributed by atoms with van der Waals surface area (Å²) in [5.41, 5.74) is 1.75. The van der Waals surface area contributed by atoms with Gasteiger partial charge in [-0.25, -0.2) is 8.42 Å². The molecule has 1 heterocycles. The Balaban J connectivity index is 1.92.